The lowest BCUT2D eigenvalue weighted by Gasteiger charge is -2.33. The minimum Gasteiger partial charge on any atom is -0.308 e. The third-order valence-corrected chi connectivity index (χ3v) is 11.7. The largest absolute Gasteiger partial charge is 0.308 e. The van der Waals surface area contributed by atoms with Crippen molar-refractivity contribution in [3.8, 4) is 22.3 Å². The fourth-order valence-corrected chi connectivity index (χ4v) is 9.28. The number of aliphatic imine (C=N–C) groups is 1. The van der Waals surface area contributed by atoms with Crippen LogP contribution in [0.4, 0.5) is 5.69 Å². The summed E-state index contributed by atoms with van der Waals surface area (Å²) in [6.07, 6.45) is 0. The quantitative estimate of drug-likeness (QED) is 0.0803. The zero-order chi connectivity index (χ0) is 37.2. The Kier molecular flexibility index (Phi) is 9.13. The summed E-state index contributed by atoms with van der Waals surface area (Å²) < 4.78 is 2.49. The van der Waals surface area contributed by atoms with E-state index in [4.69, 9.17) is 10.8 Å². The van der Waals surface area contributed by atoms with Crippen LogP contribution in [0.25, 0.3) is 42.4 Å². The number of nitrogens with two attached hydrogens (primary N) is 1. The van der Waals surface area contributed by atoms with E-state index in [0.29, 0.717) is 5.84 Å². The van der Waals surface area contributed by atoms with E-state index in [1.165, 1.54) is 70.2 Å². The van der Waals surface area contributed by atoms with Crippen molar-refractivity contribution in [1.29, 1.82) is 0 Å². The van der Waals surface area contributed by atoms with Gasteiger partial charge in [0.1, 0.15) is 5.84 Å². The molecule has 1 aliphatic rings. The van der Waals surface area contributed by atoms with Gasteiger partial charge in [-0.15, -0.1) is 11.3 Å². The number of nitrogens with one attached hydrogen (secondary N) is 1. The molecule has 0 fully saturated rings. The van der Waals surface area contributed by atoms with E-state index in [-0.39, 0.29) is 0 Å². The Bertz CT molecular complexity index is 2770. The zero-order valence-electron chi connectivity index (χ0n) is 30.5. The molecule has 0 aliphatic heterocycles. The molecular weight excluding hydrogens is 687 g/mol. The normalized spacial score (nSPS) is 12.8. The van der Waals surface area contributed by atoms with Gasteiger partial charge in [0.05, 0.1) is 11.1 Å². The lowest BCUT2D eigenvalue weighted by Crippen LogP contribution is -2.31. The Hall–Kier alpha value is -6.59. The van der Waals surface area contributed by atoms with Gasteiger partial charge in [-0.2, -0.15) is 0 Å². The summed E-state index contributed by atoms with van der Waals surface area (Å²) in [5.74, 6) is 6.75. The third kappa shape index (κ3) is 6.22. The molecule has 0 unspecified atom stereocenters. The van der Waals surface area contributed by atoms with Crippen LogP contribution in [0.2, 0.25) is 0 Å². The highest BCUT2D eigenvalue weighted by Crippen LogP contribution is 2.56. The maximum Gasteiger partial charge on any atom is 0.147 e. The molecule has 9 aromatic rings. The molecule has 0 bridgehead atoms. The van der Waals surface area contributed by atoms with E-state index in [9.17, 15) is 0 Å². The highest BCUT2D eigenvalue weighted by Gasteiger charge is 2.46. The number of hydrogen-bond donors (Lipinski definition) is 2. The van der Waals surface area contributed by atoms with Crippen LogP contribution in [0.5, 0.6) is 0 Å². The van der Waals surface area contributed by atoms with E-state index in [2.05, 4.69) is 206 Å². The van der Waals surface area contributed by atoms with Crippen LogP contribution in [0, 0.1) is 6.92 Å². The first-order valence-corrected chi connectivity index (χ1v) is 19.4. The summed E-state index contributed by atoms with van der Waals surface area (Å²) in [5.41, 5.74) is 15.6. The van der Waals surface area contributed by atoms with Gasteiger partial charge in [0.25, 0.3) is 0 Å². The first kappa shape index (κ1) is 34.2. The molecule has 4 heteroatoms. The monoisotopic (exact) mass is 725 g/mol. The van der Waals surface area contributed by atoms with Crippen molar-refractivity contribution in [2.75, 3.05) is 0 Å². The molecule has 0 saturated heterocycles. The Morgan fingerprint density at radius 3 is 1.85 bits per heavy atom. The molecule has 0 amide bonds. The highest BCUT2D eigenvalue weighted by atomic mass is 32.1. The van der Waals surface area contributed by atoms with E-state index in [1.54, 1.807) is 11.3 Å². The standard InChI is InChI=1S/C38H27N3S.C13H12/c39-41-37(25-19-21-32-31-16-8-10-18-35(31)42-36(32)23-25)40-28-20-22-30-29-15-7-9-17-33(29)38(34(30)24-28,26-11-3-1-4-12-26)27-13-5-2-6-14-27;1-11-6-5-9-13(10-11)12-7-3-2-4-8-12/h1-24H,39H2,(H,40,41);2-10H,1H3. The van der Waals surface area contributed by atoms with Crippen LogP contribution in [-0.2, 0) is 5.41 Å². The van der Waals surface area contributed by atoms with Crippen molar-refractivity contribution in [3.63, 3.8) is 0 Å². The lowest BCUT2D eigenvalue weighted by atomic mass is 9.67. The number of hydrazine groups is 1. The van der Waals surface area contributed by atoms with Gasteiger partial charge in [-0.1, -0.05) is 181 Å². The summed E-state index contributed by atoms with van der Waals surface area (Å²) in [5, 5.41) is 2.53. The van der Waals surface area contributed by atoms with Crippen LogP contribution in [0.1, 0.15) is 33.4 Å². The topological polar surface area (TPSA) is 50.4 Å². The Labute approximate surface area is 326 Å². The van der Waals surface area contributed by atoms with Gasteiger partial charge in [0, 0.05) is 25.7 Å². The number of nitrogens with zero attached hydrogens (tertiary/aromatic N) is 1. The molecule has 0 spiro atoms. The molecule has 1 aromatic heterocycles. The van der Waals surface area contributed by atoms with Gasteiger partial charge in [0.15, 0.2) is 0 Å². The SMILES string of the molecule is Cc1cccc(-c2ccccc2)c1.NNC(=Nc1ccc2c(c1)C(c1ccccc1)(c1ccccc1)c1ccccc1-2)c1ccc2c(c1)sc1ccccc12. The van der Waals surface area contributed by atoms with Crippen LogP contribution < -0.4 is 11.3 Å². The molecule has 0 saturated carbocycles. The summed E-state index contributed by atoms with van der Waals surface area (Å²) in [4.78, 5) is 5.09. The number of thiophene rings is 1. The van der Waals surface area contributed by atoms with Gasteiger partial charge in [-0.05, 0) is 75.7 Å². The van der Waals surface area contributed by atoms with Gasteiger partial charge in [-0.3, -0.25) is 0 Å². The maximum atomic E-state index is 6.11. The number of fused-ring (bicyclic) bond motifs is 6. The third-order valence-electron chi connectivity index (χ3n) is 10.6. The van der Waals surface area contributed by atoms with Crippen LogP contribution in [0.15, 0.2) is 205 Å². The first-order chi connectivity index (χ1) is 27.1. The molecule has 1 heterocycles. The van der Waals surface area contributed by atoms with Crippen LogP contribution >= 0.6 is 11.3 Å². The van der Waals surface area contributed by atoms with Crippen molar-refractivity contribution >= 4 is 43.0 Å². The Morgan fingerprint density at radius 1 is 0.509 bits per heavy atom. The second-order valence-electron chi connectivity index (χ2n) is 13.9. The smallest absolute Gasteiger partial charge is 0.147 e. The molecule has 0 radical (unpaired) electrons. The summed E-state index contributed by atoms with van der Waals surface area (Å²) in [6.45, 7) is 2.12. The predicted molar refractivity (Wildman–Crippen MR) is 233 cm³/mol. The minimum atomic E-state index is -0.466. The number of hydrogen-bond acceptors (Lipinski definition) is 3. The van der Waals surface area contributed by atoms with E-state index in [0.717, 1.165) is 11.3 Å². The average Bonchev–Trinajstić information content (AvgIpc) is 3.77. The minimum absolute atomic E-state index is 0.466. The van der Waals surface area contributed by atoms with Gasteiger partial charge in [-0.25, -0.2) is 10.8 Å². The summed E-state index contributed by atoms with van der Waals surface area (Å²) >= 11 is 1.79. The second kappa shape index (κ2) is 14.7. The summed E-state index contributed by atoms with van der Waals surface area (Å²) in [7, 11) is 0. The van der Waals surface area contributed by atoms with Crippen molar-refractivity contribution in [2.45, 2.75) is 12.3 Å². The molecule has 3 N–H and O–H groups in total. The number of amidine groups is 1. The molecular formula is C51H39N3S. The zero-order valence-corrected chi connectivity index (χ0v) is 31.3. The molecule has 10 rings (SSSR count). The molecule has 1 aliphatic carbocycles. The highest BCUT2D eigenvalue weighted by molar-refractivity contribution is 7.25. The van der Waals surface area contributed by atoms with E-state index >= 15 is 0 Å². The van der Waals surface area contributed by atoms with Crippen LogP contribution in [0.3, 0.4) is 0 Å². The molecule has 0 atom stereocenters. The first-order valence-electron chi connectivity index (χ1n) is 18.6. The van der Waals surface area contributed by atoms with E-state index < -0.39 is 5.41 Å². The summed E-state index contributed by atoms with van der Waals surface area (Å²) in [6, 6.07) is 70.9. The van der Waals surface area contributed by atoms with Crippen molar-refractivity contribution in [3.05, 3.63) is 234 Å². The van der Waals surface area contributed by atoms with Gasteiger partial charge in [0.2, 0.25) is 0 Å². The van der Waals surface area contributed by atoms with Gasteiger partial charge < -0.3 is 5.43 Å². The molecule has 264 valence electrons. The molecule has 55 heavy (non-hydrogen) atoms. The predicted octanol–water partition coefficient (Wildman–Crippen LogP) is 12.6. The Morgan fingerprint density at radius 2 is 1.13 bits per heavy atom. The average molecular weight is 726 g/mol. The lowest BCUT2D eigenvalue weighted by molar-refractivity contribution is 0.768. The second-order valence-corrected chi connectivity index (χ2v) is 15.0. The maximum absolute atomic E-state index is 6.11. The van der Waals surface area contributed by atoms with Crippen molar-refractivity contribution in [2.24, 2.45) is 10.8 Å². The van der Waals surface area contributed by atoms with E-state index in [1.807, 2.05) is 6.07 Å². The fourth-order valence-electron chi connectivity index (χ4n) is 8.14. The number of benzene rings is 8. The van der Waals surface area contributed by atoms with Gasteiger partial charge >= 0.3 is 0 Å². The Balaban J connectivity index is 0.000000258. The van der Waals surface area contributed by atoms with Crippen molar-refractivity contribution < 1.29 is 0 Å². The molecule has 3 nitrogen and oxygen atoms in total. The number of aryl methyl sites for hydroxylation is 1. The van der Waals surface area contributed by atoms with Crippen molar-refractivity contribution in [1.82, 2.24) is 5.43 Å². The fraction of sp³-hybridized carbons (Fsp3) is 0.0392. The van der Waals surface area contributed by atoms with Crippen LogP contribution in [-0.4, -0.2) is 5.84 Å². The molecule has 8 aromatic carbocycles. The number of rotatable bonds is 5.